The summed E-state index contributed by atoms with van der Waals surface area (Å²) < 4.78 is 5.34. The van der Waals surface area contributed by atoms with E-state index in [0.717, 1.165) is 12.8 Å². The van der Waals surface area contributed by atoms with Crippen molar-refractivity contribution >= 4 is 0 Å². The summed E-state index contributed by atoms with van der Waals surface area (Å²) in [6, 6.07) is 0. The zero-order valence-electron chi connectivity index (χ0n) is 8.81. The molecule has 0 spiro atoms. The van der Waals surface area contributed by atoms with Gasteiger partial charge in [-0.05, 0) is 37.3 Å². The fraction of sp³-hybridized carbons (Fsp3) is 0.500. The van der Waals surface area contributed by atoms with Gasteiger partial charge in [-0.2, -0.15) is 0 Å². The summed E-state index contributed by atoms with van der Waals surface area (Å²) in [5.41, 5.74) is 2.56. The summed E-state index contributed by atoms with van der Waals surface area (Å²) in [5.74, 6) is 0. The number of rotatable bonds is 1. The Morgan fingerprint density at radius 1 is 1.46 bits per heavy atom. The second-order valence-electron chi connectivity index (χ2n) is 2.96. The first-order chi connectivity index (χ1) is 6.29. The van der Waals surface area contributed by atoms with Crippen LogP contribution in [0.5, 0.6) is 0 Å². The fourth-order valence-electron chi connectivity index (χ4n) is 1.66. The molecule has 0 aromatic rings. The summed E-state index contributed by atoms with van der Waals surface area (Å²) in [5, 5.41) is 0. The summed E-state index contributed by atoms with van der Waals surface area (Å²) in [6.07, 6.45) is 5.93. The van der Waals surface area contributed by atoms with Crippen molar-refractivity contribution < 1.29 is 4.74 Å². The summed E-state index contributed by atoms with van der Waals surface area (Å²) >= 11 is 0. The highest BCUT2D eigenvalue weighted by Gasteiger charge is 2.19. The molecule has 0 saturated heterocycles. The molecule has 0 amide bonds. The maximum atomic E-state index is 5.34. The highest BCUT2D eigenvalue weighted by atomic mass is 16.5. The molecule has 1 heteroatoms. The van der Waals surface area contributed by atoms with Crippen molar-refractivity contribution in [3.05, 3.63) is 37.0 Å². The Balaban J connectivity index is 0.000000671. The van der Waals surface area contributed by atoms with Crippen LogP contribution in [-0.4, -0.2) is 13.2 Å². The quantitative estimate of drug-likeness (QED) is 0.561. The Bertz CT molecular complexity index is 191. The van der Waals surface area contributed by atoms with Crippen LogP contribution in [0.3, 0.4) is 0 Å². The minimum absolute atomic E-state index is 0.307. The molecule has 0 N–H and O–H groups in total. The SMILES string of the molecule is C=C.C=C1CCCC(OC)/C1=C/C. The fourth-order valence-corrected chi connectivity index (χ4v) is 1.66. The number of methoxy groups -OCH3 is 1. The Morgan fingerprint density at radius 2 is 2.08 bits per heavy atom. The molecule has 1 nitrogen and oxygen atoms in total. The molecule has 13 heavy (non-hydrogen) atoms. The second kappa shape index (κ2) is 6.67. The number of hydrogen-bond acceptors (Lipinski definition) is 1. The molecule has 0 aromatic heterocycles. The Morgan fingerprint density at radius 3 is 2.46 bits per heavy atom. The van der Waals surface area contributed by atoms with Gasteiger partial charge in [-0.25, -0.2) is 0 Å². The van der Waals surface area contributed by atoms with Gasteiger partial charge in [0.2, 0.25) is 0 Å². The van der Waals surface area contributed by atoms with E-state index in [9.17, 15) is 0 Å². The largest absolute Gasteiger partial charge is 0.377 e. The van der Waals surface area contributed by atoms with Gasteiger partial charge in [-0.1, -0.05) is 12.7 Å². The smallest absolute Gasteiger partial charge is 0.0820 e. The second-order valence-corrected chi connectivity index (χ2v) is 2.96. The van der Waals surface area contributed by atoms with Gasteiger partial charge in [-0.3, -0.25) is 0 Å². The lowest BCUT2D eigenvalue weighted by molar-refractivity contribution is 0.117. The molecule has 1 saturated carbocycles. The highest BCUT2D eigenvalue weighted by Crippen LogP contribution is 2.29. The van der Waals surface area contributed by atoms with E-state index in [4.69, 9.17) is 4.74 Å². The Hall–Kier alpha value is -0.820. The molecule has 0 bridgehead atoms. The van der Waals surface area contributed by atoms with E-state index in [1.807, 2.05) is 0 Å². The zero-order valence-corrected chi connectivity index (χ0v) is 8.81. The molecule has 0 radical (unpaired) electrons. The maximum Gasteiger partial charge on any atom is 0.0820 e. The molecular weight excluding hydrogens is 160 g/mol. The van der Waals surface area contributed by atoms with E-state index in [1.165, 1.54) is 17.6 Å². The van der Waals surface area contributed by atoms with Gasteiger partial charge in [0.25, 0.3) is 0 Å². The van der Waals surface area contributed by atoms with E-state index in [0.29, 0.717) is 6.10 Å². The van der Waals surface area contributed by atoms with Crippen LogP contribution in [0.25, 0.3) is 0 Å². The van der Waals surface area contributed by atoms with Crippen molar-refractivity contribution in [1.82, 2.24) is 0 Å². The number of hydrogen-bond donors (Lipinski definition) is 0. The topological polar surface area (TPSA) is 9.23 Å². The molecule has 0 aromatic carbocycles. The standard InChI is InChI=1S/C10H16O.C2H4/c1-4-9-8(2)6-5-7-10(9)11-3;1-2/h4,10H,2,5-7H2,1,3H3;1-2H2/b9-4+;. The summed E-state index contributed by atoms with van der Waals surface area (Å²) in [4.78, 5) is 0. The third-order valence-electron chi connectivity index (χ3n) is 2.30. The molecule has 1 aliphatic rings. The number of ether oxygens (including phenoxy) is 1. The molecule has 1 fully saturated rings. The molecular formula is C12H20O. The van der Waals surface area contributed by atoms with Crippen molar-refractivity contribution in [3.8, 4) is 0 Å². The van der Waals surface area contributed by atoms with Crippen LogP contribution in [0.2, 0.25) is 0 Å². The summed E-state index contributed by atoms with van der Waals surface area (Å²) in [7, 11) is 1.77. The third-order valence-corrected chi connectivity index (χ3v) is 2.30. The lowest BCUT2D eigenvalue weighted by Crippen LogP contribution is -2.19. The summed E-state index contributed by atoms with van der Waals surface area (Å²) in [6.45, 7) is 12.1. The Labute approximate surface area is 81.8 Å². The van der Waals surface area contributed by atoms with Gasteiger partial charge in [0.1, 0.15) is 0 Å². The van der Waals surface area contributed by atoms with Crippen LogP contribution in [0.15, 0.2) is 37.0 Å². The minimum atomic E-state index is 0.307. The van der Waals surface area contributed by atoms with E-state index < -0.39 is 0 Å². The average molecular weight is 180 g/mol. The van der Waals surface area contributed by atoms with Gasteiger partial charge < -0.3 is 4.74 Å². The molecule has 0 heterocycles. The first-order valence-corrected chi connectivity index (χ1v) is 4.66. The normalized spacial score (nSPS) is 25.2. The highest BCUT2D eigenvalue weighted by molar-refractivity contribution is 5.33. The lowest BCUT2D eigenvalue weighted by atomic mass is 9.88. The van der Waals surface area contributed by atoms with Crippen LogP contribution in [0.4, 0.5) is 0 Å². The van der Waals surface area contributed by atoms with E-state index >= 15 is 0 Å². The van der Waals surface area contributed by atoms with Gasteiger partial charge in [0, 0.05) is 7.11 Å². The van der Waals surface area contributed by atoms with E-state index in [2.05, 4.69) is 32.7 Å². The monoisotopic (exact) mass is 180 g/mol. The number of allylic oxidation sites excluding steroid dienone is 1. The van der Waals surface area contributed by atoms with Gasteiger partial charge in [0.15, 0.2) is 0 Å². The van der Waals surface area contributed by atoms with Crippen molar-refractivity contribution in [2.24, 2.45) is 0 Å². The molecule has 1 atom stereocenters. The Kier molecular flexibility index (Phi) is 6.25. The van der Waals surface area contributed by atoms with E-state index in [1.54, 1.807) is 7.11 Å². The first kappa shape index (κ1) is 12.2. The van der Waals surface area contributed by atoms with Gasteiger partial charge in [-0.15, -0.1) is 13.2 Å². The molecule has 74 valence electrons. The third kappa shape index (κ3) is 3.19. The molecule has 1 unspecified atom stereocenters. The van der Waals surface area contributed by atoms with Gasteiger partial charge >= 0.3 is 0 Å². The molecule has 1 aliphatic carbocycles. The van der Waals surface area contributed by atoms with Crippen LogP contribution < -0.4 is 0 Å². The van der Waals surface area contributed by atoms with Crippen LogP contribution in [-0.2, 0) is 4.74 Å². The molecule has 1 rings (SSSR count). The van der Waals surface area contributed by atoms with Crippen LogP contribution >= 0.6 is 0 Å². The van der Waals surface area contributed by atoms with Crippen molar-refractivity contribution in [1.29, 1.82) is 0 Å². The zero-order chi connectivity index (χ0) is 10.3. The van der Waals surface area contributed by atoms with E-state index in [-0.39, 0.29) is 0 Å². The lowest BCUT2D eigenvalue weighted by Gasteiger charge is -2.25. The maximum absolute atomic E-state index is 5.34. The van der Waals surface area contributed by atoms with Crippen LogP contribution in [0.1, 0.15) is 26.2 Å². The minimum Gasteiger partial charge on any atom is -0.377 e. The van der Waals surface area contributed by atoms with Crippen molar-refractivity contribution in [2.75, 3.05) is 7.11 Å². The average Bonchev–Trinajstić information content (AvgIpc) is 2.20. The van der Waals surface area contributed by atoms with Crippen molar-refractivity contribution in [3.63, 3.8) is 0 Å². The first-order valence-electron chi connectivity index (χ1n) is 4.66. The van der Waals surface area contributed by atoms with Crippen LogP contribution in [0, 0.1) is 0 Å². The predicted molar refractivity (Wildman–Crippen MR) is 58.8 cm³/mol. The molecule has 0 aliphatic heterocycles. The predicted octanol–water partition coefficient (Wildman–Crippen LogP) is 3.49. The van der Waals surface area contributed by atoms with Gasteiger partial charge in [0.05, 0.1) is 6.10 Å². The van der Waals surface area contributed by atoms with Crippen molar-refractivity contribution in [2.45, 2.75) is 32.3 Å².